The monoisotopic (exact) mass is 1210 g/mol. The largest absolute Gasteiger partial charge is 0.457 e. The molecule has 11 heteroatoms. The smallest absolute Gasteiger partial charge is 0.134 e. The van der Waals surface area contributed by atoms with Crippen molar-refractivity contribution in [1.82, 2.24) is 37.8 Å². The van der Waals surface area contributed by atoms with Crippen molar-refractivity contribution in [2.24, 2.45) is 0 Å². The number of para-hydroxylation sites is 6. The molecule has 21 rings (SSSR count). The van der Waals surface area contributed by atoms with Gasteiger partial charge in [-0.2, -0.15) is 10.5 Å². The Labute approximate surface area is 540 Å². The lowest BCUT2D eigenvalue weighted by atomic mass is 9.66. The molecule has 0 bridgehead atoms. The van der Waals surface area contributed by atoms with E-state index in [1.54, 1.807) is 0 Å². The van der Waals surface area contributed by atoms with E-state index in [0.29, 0.717) is 22.6 Å². The van der Waals surface area contributed by atoms with Crippen molar-refractivity contribution >= 4 is 109 Å². The summed E-state index contributed by atoms with van der Waals surface area (Å²) in [5.74, 6) is 1.38. The number of nitriles is 2. The highest BCUT2D eigenvalue weighted by atomic mass is 16.5. The summed E-state index contributed by atoms with van der Waals surface area (Å²) in [6, 6.07) is 95.1. The standard InChI is InChI=1S/C84H46N10O/c85-44-49-25-32-76-63(37-49)64-38-50(45-86)26-33-77(64)94(76)55-41-69-83(89-47-55)82-68(40-54(46-88-82)93-73-22-10-3-15-58(73)59-16-4-11-23-74(59)93)84(69)66-30-27-52(90-70-19-7-1-13-56(70)57-14-2-8-20-71(57)90)42-80(66)95-81-43-53(28-31-67(81)84)91-75-24-12-6-18-61(75)65-39-51(29-34-78(65)91)92-72-21-9-5-17-60(72)62-35-36-87-48-79(62)92/h1-43,46-48H. The molecule has 0 saturated carbocycles. The van der Waals surface area contributed by atoms with Gasteiger partial charge in [0.2, 0.25) is 0 Å². The van der Waals surface area contributed by atoms with Crippen LogP contribution in [0.25, 0.3) is 149 Å². The third kappa shape index (κ3) is 6.81. The van der Waals surface area contributed by atoms with E-state index in [2.05, 4.69) is 258 Å². The summed E-state index contributed by atoms with van der Waals surface area (Å²) < 4.78 is 19.3. The zero-order valence-corrected chi connectivity index (χ0v) is 50.4. The lowest BCUT2D eigenvalue weighted by molar-refractivity contribution is 0.436. The number of ether oxygens (including phenoxy) is 1. The highest BCUT2D eigenvalue weighted by Gasteiger charge is 2.53. The minimum Gasteiger partial charge on any atom is -0.457 e. The van der Waals surface area contributed by atoms with Crippen LogP contribution >= 0.6 is 0 Å². The number of fused-ring (bicyclic) bond motifs is 24. The van der Waals surface area contributed by atoms with E-state index in [-0.39, 0.29) is 0 Å². The van der Waals surface area contributed by atoms with Crippen LogP contribution in [-0.2, 0) is 5.41 Å². The normalized spacial score (nSPS) is 14.0. The maximum absolute atomic E-state index is 10.3. The van der Waals surface area contributed by atoms with Gasteiger partial charge in [0, 0.05) is 112 Å². The second-order valence-corrected chi connectivity index (χ2v) is 25.0. The summed E-state index contributed by atoms with van der Waals surface area (Å²) in [6.07, 6.45) is 7.79. The average molecular weight is 1210 g/mol. The fraction of sp³-hybridized carbons (Fsp3) is 0.0119. The molecule has 0 amide bonds. The summed E-state index contributed by atoms with van der Waals surface area (Å²) in [7, 11) is 0. The van der Waals surface area contributed by atoms with Crippen LogP contribution in [-0.4, -0.2) is 37.8 Å². The Balaban J connectivity index is 0.857. The molecule has 0 saturated heterocycles. The average Bonchev–Trinajstić information content (AvgIpc) is 1.56. The Kier molecular flexibility index (Phi) is 10.2. The van der Waals surface area contributed by atoms with Crippen LogP contribution in [0.3, 0.4) is 0 Å². The number of rotatable bonds is 5. The fourth-order valence-electron chi connectivity index (χ4n) is 16.5. The van der Waals surface area contributed by atoms with E-state index in [4.69, 9.17) is 14.7 Å². The molecule has 0 N–H and O–H groups in total. The van der Waals surface area contributed by atoms with Crippen LogP contribution in [0.2, 0.25) is 0 Å². The predicted octanol–water partition coefficient (Wildman–Crippen LogP) is 19.6. The minimum atomic E-state index is -1.11. The Morgan fingerprint density at radius 1 is 0.284 bits per heavy atom. The SMILES string of the molecule is N#Cc1ccc2c(c1)c1cc(C#N)ccc1n2-c1cnc2c(c1)C1(c3ccc(-n4c5ccccc5c5ccccc54)cc3Oc3cc(-n4c5ccccc5c5cc(-n6c7ccccc7c7ccncc76)ccc54)ccc31)c1cc(-n3c4ccccc4c4ccccc43)cnc1-2. The zero-order chi connectivity index (χ0) is 62.4. The second-order valence-electron chi connectivity index (χ2n) is 25.0. The lowest BCUT2D eigenvalue weighted by Crippen LogP contribution is -2.32. The van der Waals surface area contributed by atoms with Gasteiger partial charge >= 0.3 is 0 Å². The Bertz CT molecular complexity index is 6530. The third-order valence-electron chi connectivity index (χ3n) is 20.3. The minimum absolute atomic E-state index is 0.531. The molecule has 1 aliphatic carbocycles. The fourth-order valence-corrected chi connectivity index (χ4v) is 16.5. The van der Waals surface area contributed by atoms with Crippen molar-refractivity contribution in [2.75, 3.05) is 0 Å². The Morgan fingerprint density at radius 2 is 0.621 bits per heavy atom. The maximum Gasteiger partial charge on any atom is 0.134 e. The van der Waals surface area contributed by atoms with Crippen molar-refractivity contribution in [3.63, 3.8) is 0 Å². The Morgan fingerprint density at radius 3 is 1.05 bits per heavy atom. The van der Waals surface area contributed by atoms with E-state index in [1.165, 1.54) is 5.39 Å². The first kappa shape index (κ1) is 51.4. The number of hydrogen-bond acceptors (Lipinski definition) is 6. The van der Waals surface area contributed by atoms with Crippen LogP contribution < -0.4 is 4.74 Å². The molecule has 8 aromatic heterocycles. The number of hydrogen-bond donors (Lipinski definition) is 0. The molecule has 438 valence electrons. The van der Waals surface area contributed by atoms with E-state index < -0.39 is 5.41 Å². The maximum atomic E-state index is 10.3. The third-order valence-corrected chi connectivity index (χ3v) is 20.3. The van der Waals surface area contributed by atoms with E-state index in [1.807, 2.05) is 61.2 Å². The number of aromatic nitrogens is 8. The van der Waals surface area contributed by atoms with Crippen molar-refractivity contribution in [3.8, 4) is 63.5 Å². The molecule has 9 heterocycles. The molecule has 1 spiro atoms. The van der Waals surface area contributed by atoms with Gasteiger partial charge in [-0.25, -0.2) is 0 Å². The van der Waals surface area contributed by atoms with E-state index >= 15 is 0 Å². The molecule has 95 heavy (non-hydrogen) atoms. The van der Waals surface area contributed by atoms with Gasteiger partial charge in [0.1, 0.15) is 11.5 Å². The van der Waals surface area contributed by atoms with Crippen LogP contribution in [0.15, 0.2) is 280 Å². The summed E-state index contributed by atoms with van der Waals surface area (Å²) in [6.45, 7) is 0. The van der Waals surface area contributed by atoms with Gasteiger partial charge in [0.25, 0.3) is 0 Å². The Hall–Kier alpha value is -13.4. The summed E-state index contributed by atoms with van der Waals surface area (Å²) >= 11 is 0. The molecule has 1 atom stereocenters. The first-order valence-electron chi connectivity index (χ1n) is 31.7. The highest BCUT2D eigenvalue weighted by Crippen LogP contribution is 2.63. The number of benzene rings is 11. The van der Waals surface area contributed by atoms with Crippen molar-refractivity contribution < 1.29 is 4.74 Å². The first-order chi connectivity index (χ1) is 47.0. The van der Waals surface area contributed by atoms with Gasteiger partial charge in [-0.1, -0.05) is 121 Å². The van der Waals surface area contributed by atoms with Crippen molar-refractivity contribution in [1.29, 1.82) is 10.5 Å². The molecule has 11 aromatic carbocycles. The van der Waals surface area contributed by atoms with Crippen LogP contribution in [0.4, 0.5) is 0 Å². The molecule has 0 radical (unpaired) electrons. The quantitative estimate of drug-likeness (QED) is 0.169. The van der Waals surface area contributed by atoms with Gasteiger partial charge in [-0.15, -0.1) is 0 Å². The lowest BCUT2D eigenvalue weighted by Gasteiger charge is -2.39. The first-order valence-corrected chi connectivity index (χ1v) is 31.7. The second kappa shape index (κ2) is 18.9. The number of pyridine rings is 3. The number of nitrogens with zero attached hydrogens (tertiary/aromatic N) is 10. The van der Waals surface area contributed by atoms with Gasteiger partial charge in [0.05, 0.1) is 125 Å². The molecule has 1 aliphatic heterocycles. The summed E-state index contributed by atoms with van der Waals surface area (Å²) in [5.41, 5.74) is 20.3. The van der Waals surface area contributed by atoms with Gasteiger partial charge in [0.15, 0.2) is 0 Å². The molecule has 0 fully saturated rings. The van der Waals surface area contributed by atoms with E-state index in [0.717, 1.165) is 166 Å². The van der Waals surface area contributed by atoms with Gasteiger partial charge in [-0.05, 0) is 121 Å². The molecular weight excluding hydrogens is 1160 g/mol. The predicted molar refractivity (Wildman–Crippen MR) is 378 cm³/mol. The van der Waals surface area contributed by atoms with E-state index in [9.17, 15) is 10.5 Å². The zero-order valence-electron chi connectivity index (χ0n) is 50.4. The highest BCUT2D eigenvalue weighted by molar-refractivity contribution is 6.14. The molecular formula is C84H46N10O. The summed E-state index contributed by atoms with van der Waals surface area (Å²) in [5, 5.41) is 31.5. The van der Waals surface area contributed by atoms with Crippen LogP contribution in [0, 0.1) is 22.7 Å². The molecule has 1 unspecified atom stereocenters. The van der Waals surface area contributed by atoms with Crippen LogP contribution in [0.1, 0.15) is 33.4 Å². The summed E-state index contributed by atoms with van der Waals surface area (Å²) in [4.78, 5) is 15.8. The molecule has 2 aliphatic rings. The van der Waals surface area contributed by atoms with Crippen molar-refractivity contribution in [3.05, 3.63) is 313 Å². The topological polar surface area (TPSA) is 120 Å². The molecule has 11 nitrogen and oxygen atoms in total. The van der Waals surface area contributed by atoms with Crippen LogP contribution in [0.5, 0.6) is 11.5 Å². The molecule has 19 aromatic rings. The van der Waals surface area contributed by atoms with Gasteiger partial charge in [-0.3, -0.25) is 15.0 Å². The van der Waals surface area contributed by atoms with Gasteiger partial charge < -0.3 is 27.6 Å². The van der Waals surface area contributed by atoms with Crippen molar-refractivity contribution in [2.45, 2.75) is 5.41 Å².